The number of aryl methyl sites for hydroxylation is 2. The quantitative estimate of drug-likeness (QED) is 0.815. The number of halogens is 1. The molecule has 0 radical (unpaired) electrons. The van der Waals surface area contributed by atoms with Gasteiger partial charge in [-0.25, -0.2) is 4.39 Å². The van der Waals surface area contributed by atoms with E-state index in [1.165, 1.54) is 6.07 Å². The zero-order valence-corrected chi connectivity index (χ0v) is 11.4. The largest absolute Gasteiger partial charge is 0.308 e. The minimum absolute atomic E-state index is 0.0598. The van der Waals surface area contributed by atoms with E-state index in [0.717, 1.165) is 23.2 Å². The third kappa shape index (κ3) is 2.31. The van der Waals surface area contributed by atoms with Gasteiger partial charge >= 0.3 is 0 Å². The van der Waals surface area contributed by atoms with E-state index >= 15 is 0 Å². The molecule has 2 nitrogen and oxygen atoms in total. The van der Waals surface area contributed by atoms with Crippen molar-refractivity contribution in [3.63, 3.8) is 0 Å². The monoisotopic (exact) mass is 269 g/mol. The van der Waals surface area contributed by atoms with Crippen LogP contribution < -0.4 is 4.90 Å². The van der Waals surface area contributed by atoms with E-state index < -0.39 is 0 Å². The maximum Gasteiger partial charge on any atom is 0.227 e. The highest BCUT2D eigenvalue weighted by Gasteiger charge is 2.24. The van der Waals surface area contributed by atoms with Crippen LogP contribution in [0.4, 0.5) is 10.1 Å². The maximum absolute atomic E-state index is 13.9. The standard InChI is InChI=1S/C17H16FNO/c1-12-6-8-15(18)14(10-12)11-19-16-5-3-2-4-13(16)7-9-17(19)20/h2-6,8,10H,7,9,11H2,1H3. The molecule has 1 aliphatic rings. The summed E-state index contributed by atoms with van der Waals surface area (Å²) in [7, 11) is 0. The highest BCUT2D eigenvalue weighted by molar-refractivity contribution is 5.96. The van der Waals surface area contributed by atoms with Gasteiger partial charge in [-0.1, -0.05) is 35.9 Å². The van der Waals surface area contributed by atoms with E-state index in [4.69, 9.17) is 0 Å². The summed E-state index contributed by atoms with van der Waals surface area (Å²) in [5, 5.41) is 0. The van der Waals surface area contributed by atoms with Crippen molar-refractivity contribution in [2.75, 3.05) is 4.90 Å². The number of carbonyl (C=O) groups excluding carboxylic acids is 1. The smallest absolute Gasteiger partial charge is 0.227 e. The lowest BCUT2D eigenvalue weighted by Gasteiger charge is -2.29. The molecule has 1 heterocycles. The highest BCUT2D eigenvalue weighted by atomic mass is 19.1. The van der Waals surface area contributed by atoms with E-state index in [-0.39, 0.29) is 11.7 Å². The van der Waals surface area contributed by atoms with Crippen molar-refractivity contribution in [3.8, 4) is 0 Å². The van der Waals surface area contributed by atoms with Crippen LogP contribution in [0.25, 0.3) is 0 Å². The molecule has 2 aromatic carbocycles. The van der Waals surface area contributed by atoms with Gasteiger partial charge in [0.15, 0.2) is 0 Å². The summed E-state index contributed by atoms with van der Waals surface area (Å²) in [6, 6.07) is 12.9. The number of hydrogen-bond acceptors (Lipinski definition) is 1. The molecule has 1 amide bonds. The highest BCUT2D eigenvalue weighted by Crippen LogP contribution is 2.29. The van der Waals surface area contributed by atoms with Crippen LogP contribution in [0.15, 0.2) is 42.5 Å². The Morgan fingerprint density at radius 3 is 2.80 bits per heavy atom. The lowest BCUT2D eigenvalue weighted by atomic mass is 10.00. The molecule has 0 saturated carbocycles. The number of hydrogen-bond donors (Lipinski definition) is 0. The second-order valence-corrected chi connectivity index (χ2v) is 5.20. The zero-order valence-electron chi connectivity index (χ0n) is 11.4. The van der Waals surface area contributed by atoms with Gasteiger partial charge in [-0.15, -0.1) is 0 Å². The van der Waals surface area contributed by atoms with Gasteiger partial charge in [0.25, 0.3) is 0 Å². The van der Waals surface area contributed by atoms with E-state index in [0.29, 0.717) is 18.5 Å². The summed E-state index contributed by atoms with van der Waals surface area (Å²) in [5.41, 5.74) is 3.62. The number of carbonyl (C=O) groups is 1. The third-order valence-corrected chi connectivity index (χ3v) is 3.72. The third-order valence-electron chi connectivity index (χ3n) is 3.72. The molecule has 0 bridgehead atoms. The molecule has 2 aromatic rings. The van der Waals surface area contributed by atoms with Crippen LogP contribution in [0.5, 0.6) is 0 Å². The molecule has 0 N–H and O–H groups in total. The number of nitrogens with zero attached hydrogens (tertiary/aromatic N) is 1. The first-order chi connectivity index (χ1) is 9.65. The minimum Gasteiger partial charge on any atom is -0.308 e. The summed E-state index contributed by atoms with van der Waals surface area (Å²) in [6.45, 7) is 2.22. The van der Waals surface area contributed by atoms with E-state index in [2.05, 4.69) is 0 Å². The number of amides is 1. The van der Waals surface area contributed by atoms with Gasteiger partial charge in [-0.05, 0) is 31.0 Å². The van der Waals surface area contributed by atoms with Gasteiger partial charge in [0.05, 0.1) is 6.54 Å². The molecular weight excluding hydrogens is 253 g/mol. The Morgan fingerprint density at radius 2 is 1.95 bits per heavy atom. The molecule has 20 heavy (non-hydrogen) atoms. The lowest BCUT2D eigenvalue weighted by Crippen LogP contribution is -2.34. The van der Waals surface area contributed by atoms with Crippen LogP contribution in [0, 0.1) is 12.7 Å². The molecule has 0 unspecified atom stereocenters. The molecule has 0 spiro atoms. The molecule has 0 atom stereocenters. The first-order valence-corrected chi connectivity index (χ1v) is 6.78. The Labute approximate surface area is 117 Å². The van der Waals surface area contributed by atoms with Crippen molar-refractivity contribution in [1.29, 1.82) is 0 Å². The molecular formula is C17H16FNO. The number of para-hydroxylation sites is 1. The molecule has 0 fully saturated rings. The summed E-state index contributed by atoms with van der Waals surface area (Å²) in [4.78, 5) is 13.9. The number of fused-ring (bicyclic) bond motifs is 1. The van der Waals surface area contributed by atoms with Gasteiger partial charge in [0.2, 0.25) is 5.91 Å². The molecule has 102 valence electrons. The summed E-state index contributed by atoms with van der Waals surface area (Å²) in [5.74, 6) is -0.198. The van der Waals surface area contributed by atoms with E-state index in [1.807, 2.05) is 31.2 Å². The average Bonchev–Trinajstić information content (AvgIpc) is 2.46. The Bertz CT molecular complexity index is 666. The fourth-order valence-electron chi connectivity index (χ4n) is 2.66. The second-order valence-electron chi connectivity index (χ2n) is 5.20. The first kappa shape index (κ1) is 12.9. The SMILES string of the molecule is Cc1ccc(F)c(CN2C(=O)CCc3ccccc32)c1. The topological polar surface area (TPSA) is 20.3 Å². The molecule has 3 heteroatoms. The van der Waals surface area contributed by atoms with Crippen LogP contribution in [0.1, 0.15) is 23.1 Å². The van der Waals surface area contributed by atoms with Gasteiger partial charge in [0.1, 0.15) is 5.82 Å². The normalized spacial score (nSPS) is 14.3. The van der Waals surface area contributed by atoms with Crippen molar-refractivity contribution in [3.05, 3.63) is 65.0 Å². The van der Waals surface area contributed by atoms with Gasteiger partial charge in [0, 0.05) is 17.7 Å². The Kier molecular flexibility index (Phi) is 3.26. The zero-order chi connectivity index (χ0) is 14.1. The van der Waals surface area contributed by atoms with Crippen molar-refractivity contribution in [1.82, 2.24) is 0 Å². The summed E-state index contributed by atoms with van der Waals surface area (Å²) >= 11 is 0. The molecule has 3 rings (SSSR count). The van der Waals surface area contributed by atoms with Crippen LogP contribution >= 0.6 is 0 Å². The van der Waals surface area contributed by atoms with Crippen LogP contribution in [-0.4, -0.2) is 5.91 Å². The Morgan fingerprint density at radius 1 is 1.15 bits per heavy atom. The van der Waals surface area contributed by atoms with E-state index in [9.17, 15) is 9.18 Å². The summed E-state index contributed by atoms with van der Waals surface area (Å²) in [6.07, 6.45) is 1.26. The van der Waals surface area contributed by atoms with Crippen molar-refractivity contribution < 1.29 is 9.18 Å². The van der Waals surface area contributed by atoms with Gasteiger partial charge in [-0.2, -0.15) is 0 Å². The Balaban J connectivity index is 1.97. The fourth-order valence-corrected chi connectivity index (χ4v) is 2.66. The second kappa shape index (κ2) is 5.08. The van der Waals surface area contributed by atoms with Gasteiger partial charge in [-0.3, -0.25) is 4.79 Å². The molecule has 0 saturated heterocycles. The average molecular weight is 269 g/mol. The molecule has 1 aliphatic heterocycles. The first-order valence-electron chi connectivity index (χ1n) is 6.78. The number of anilines is 1. The maximum atomic E-state index is 13.9. The van der Waals surface area contributed by atoms with Gasteiger partial charge < -0.3 is 4.90 Å². The minimum atomic E-state index is -0.258. The summed E-state index contributed by atoms with van der Waals surface area (Å²) < 4.78 is 13.9. The molecule has 0 aromatic heterocycles. The number of rotatable bonds is 2. The van der Waals surface area contributed by atoms with Crippen LogP contribution in [0.2, 0.25) is 0 Å². The number of benzene rings is 2. The van der Waals surface area contributed by atoms with Crippen molar-refractivity contribution in [2.45, 2.75) is 26.3 Å². The fraction of sp³-hybridized carbons (Fsp3) is 0.235. The van der Waals surface area contributed by atoms with Crippen LogP contribution in [-0.2, 0) is 17.8 Å². The van der Waals surface area contributed by atoms with Crippen molar-refractivity contribution in [2.24, 2.45) is 0 Å². The Hall–Kier alpha value is -2.16. The van der Waals surface area contributed by atoms with Crippen LogP contribution in [0.3, 0.4) is 0 Å². The predicted octanol–water partition coefficient (Wildman–Crippen LogP) is 3.61. The van der Waals surface area contributed by atoms with Crippen molar-refractivity contribution >= 4 is 11.6 Å². The lowest BCUT2D eigenvalue weighted by molar-refractivity contribution is -0.119. The molecule has 0 aliphatic carbocycles. The predicted molar refractivity (Wildman–Crippen MR) is 77.1 cm³/mol. The van der Waals surface area contributed by atoms with E-state index in [1.54, 1.807) is 17.0 Å².